The standard InChI is InChI=1S/C12H15NO2/c1-9-3-4-12-11(7-9)10(5-6-15-12)8-13-14-2/h3-4,7-8,10H,5-6H2,1-2H3. The third kappa shape index (κ3) is 2.12. The van der Waals surface area contributed by atoms with E-state index in [1.807, 2.05) is 12.3 Å². The van der Waals surface area contributed by atoms with E-state index in [0.717, 1.165) is 18.8 Å². The van der Waals surface area contributed by atoms with Gasteiger partial charge in [0.1, 0.15) is 12.9 Å². The molecule has 0 saturated carbocycles. The molecule has 3 heteroatoms. The molecule has 0 N–H and O–H groups in total. The van der Waals surface area contributed by atoms with Crippen LogP contribution in [0.2, 0.25) is 0 Å². The second-order valence-electron chi connectivity index (χ2n) is 3.72. The van der Waals surface area contributed by atoms with Crippen LogP contribution in [-0.2, 0) is 4.84 Å². The first-order chi connectivity index (χ1) is 7.31. The minimum absolute atomic E-state index is 0.314. The molecule has 0 spiro atoms. The summed E-state index contributed by atoms with van der Waals surface area (Å²) in [5, 5.41) is 3.84. The first-order valence-electron chi connectivity index (χ1n) is 5.11. The smallest absolute Gasteiger partial charge is 0.123 e. The first-order valence-corrected chi connectivity index (χ1v) is 5.11. The summed E-state index contributed by atoms with van der Waals surface area (Å²) >= 11 is 0. The Morgan fingerprint density at radius 1 is 1.53 bits per heavy atom. The second kappa shape index (κ2) is 4.34. The van der Waals surface area contributed by atoms with Crippen molar-refractivity contribution < 1.29 is 9.57 Å². The fraction of sp³-hybridized carbons (Fsp3) is 0.417. The third-order valence-electron chi connectivity index (χ3n) is 2.60. The Hall–Kier alpha value is -1.51. The van der Waals surface area contributed by atoms with Crippen molar-refractivity contribution in [1.82, 2.24) is 0 Å². The summed E-state index contributed by atoms with van der Waals surface area (Å²) in [5.41, 5.74) is 2.46. The zero-order chi connectivity index (χ0) is 10.7. The lowest BCUT2D eigenvalue weighted by molar-refractivity contribution is 0.212. The van der Waals surface area contributed by atoms with Gasteiger partial charge >= 0.3 is 0 Å². The Bertz CT molecular complexity index is 374. The molecule has 2 rings (SSSR count). The molecule has 1 heterocycles. The molecule has 3 nitrogen and oxygen atoms in total. The van der Waals surface area contributed by atoms with E-state index >= 15 is 0 Å². The fourth-order valence-electron chi connectivity index (χ4n) is 1.83. The number of rotatable bonds is 2. The molecule has 0 aliphatic carbocycles. The molecule has 0 aromatic heterocycles. The van der Waals surface area contributed by atoms with E-state index in [1.54, 1.807) is 7.11 Å². The predicted octanol–water partition coefficient (Wildman–Crippen LogP) is 2.49. The van der Waals surface area contributed by atoms with Crippen LogP contribution in [0.3, 0.4) is 0 Å². The Morgan fingerprint density at radius 3 is 3.20 bits per heavy atom. The van der Waals surface area contributed by atoms with Gasteiger partial charge in [-0.15, -0.1) is 0 Å². The Labute approximate surface area is 89.7 Å². The zero-order valence-corrected chi connectivity index (χ0v) is 9.06. The summed E-state index contributed by atoms with van der Waals surface area (Å²) in [7, 11) is 1.56. The Kier molecular flexibility index (Phi) is 2.90. The van der Waals surface area contributed by atoms with Crippen molar-refractivity contribution in [3.8, 4) is 5.75 Å². The lowest BCUT2D eigenvalue weighted by atomic mass is 9.93. The van der Waals surface area contributed by atoms with Crippen LogP contribution in [0.25, 0.3) is 0 Å². The summed E-state index contributed by atoms with van der Waals surface area (Å²) in [6.07, 6.45) is 2.81. The second-order valence-corrected chi connectivity index (χ2v) is 3.72. The highest BCUT2D eigenvalue weighted by atomic mass is 16.6. The summed E-state index contributed by atoms with van der Waals surface area (Å²) in [5.74, 6) is 1.29. The number of hydrogen-bond donors (Lipinski definition) is 0. The predicted molar refractivity (Wildman–Crippen MR) is 59.5 cm³/mol. The highest BCUT2D eigenvalue weighted by Gasteiger charge is 2.19. The van der Waals surface area contributed by atoms with Crippen molar-refractivity contribution in [3.05, 3.63) is 29.3 Å². The third-order valence-corrected chi connectivity index (χ3v) is 2.60. The molecule has 0 bridgehead atoms. The van der Waals surface area contributed by atoms with Crippen LogP contribution in [-0.4, -0.2) is 19.9 Å². The van der Waals surface area contributed by atoms with E-state index in [-0.39, 0.29) is 0 Å². The van der Waals surface area contributed by atoms with Gasteiger partial charge in [0.2, 0.25) is 0 Å². The topological polar surface area (TPSA) is 30.8 Å². The molecule has 0 fully saturated rings. The maximum atomic E-state index is 5.59. The van der Waals surface area contributed by atoms with E-state index in [0.29, 0.717) is 5.92 Å². The van der Waals surface area contributed by atoms with Crippen LogP contribution < -0.4 is 4.74 Å². The molecule has 1 aromatic rings. The molecule has 1 unspecified atom stereocenters. The van der Waals surface area contributed by atoms with Crippen molar-refractivity contribution >= 4 is 6.21 Å². The minimum Gasteiger partial charge on any atom is -0.493 e. The zero-order valence-electron chi connectivity index (χ0n) is 9.06. The monoisotopic (exact) mass is 205 g/mol. The van der Waals surface area contributed by atoms with Gasteiger partial charge in [-0.3, -0.25) is 0 Å². The van der Waals surface area contributed by atoms with E-state index in [9.17, 15) is 0 Å². The molecule has 1 aromatic carbocycles. The van der Waals surface area contributed by atoms with Crippen molar-refractivity contribution in [2.45, 2.75) is 19.3 Å². The van der Waals surface area contributed by atoms with Gasteiger partial charge in [-0.25, -0.2) is 0 Å². The summed E-state index contributed by atoms with van der Waals surface area (Å²) < 4.78 is 5.59. The maximum absolute atomic E-state index is 5.59. The number of benzene rings is 1. The molecule has 0 amide bonds. The number of oxime groups is 1. The average Bonchev–Trinajstić information content (AvgIpc) is 2.26. The molecule has 1 atom stereocenters. The minimum atomic E-state index is 0.314. The van der Waals surface area contributed by atoms with Crippen LogP contribution in [0.1, 0.15) is 23.5 Å². The van der Waals surface area contributed by atoms with Crippen LogP contribution in [0.15, 0.2) is 23.4 Å². The van der Waals surface area contributed by atoms with Crippen molar-refractivity contribution in [2.24, 2.45) is 5.16 Å². The fourth-order valence-corrected chi connectivity index (χ4v) is 1.83. The lowest BCUT2D eigenvalue weighted by Crippen LogP contribution is -2.15. The van der Waals surface area contributed by atoms with E-state index in [2.05, 4.69) is 24.2 Å². The summed E-state index contributed by atoms with van der Waals surface area (Å²) in [6.45, 7) is 2.83. The number of hydrogen-bond acceptors (Lipinski definition) is 3. The quantitative estimate of drug-likeness (QED) is 0.548. The number of ether oxygens (including phenoxy) is 1. The Balaban J connectivity index is 2.32. The number of aryl methyl sites for hydroxylation is 1. The number of fused-ring (bicyclic) bond motifs is 1. The SMILES string of the molecule is CON=CC1CCOc2ccc(C)cc21. The van der Waals surface area contributed by atoms with Gasteiger partial charge in [-0.2, -0.15) is 0 Å². The highest BCUT2D eigenvalue weighted by Crippen LogP contribution is 2.33. The largest absolute Gasteiger partial charge is 0.493 e. The van der Waals surface area contributed by atoms with Gasteiger partial charge in [0.15, 0.2) is 0 Å². The molecule has 0 saturated heterocycles. The van der Waals surface area contributed by atoms with Gasteiger partial charge in [-0.1, -0.05) is 22.9 Å². The Morgan fingerprint density at radius 2 is 2.40 bits per heavy atom. The molecular formula is C12H15NO2. The van der Waals surface area contributed by atoms with E-state index in [4.69, 9.17) is 9.57 Å². The van der Waals surface area contributed by atoms with Crippen LogP contribution in [0.5, 0.6) is 5.75 Å². The molecule has 80 valence electrons. The van der Waals surface area contributed by atoms with Gasteiger partial charge in [-0.05, 0) is 19.4 Å². The van der Waals surface area contributed by atoms with Crippen LogP contribution in [0.4, 0.5) is 0 Å². The van der Waals surface area contributed by atoms with E-state index in [1.165, 1.54) is 11.1 Å². The average molecular weight is 205 g/mol. The van der Waals surface area contributed by atoms with Gasteiger partial charge in [0, 0.05) is 11.5 Å². The summed E-state index contributed by atoms with van der Waals surface area (Å²) in [4.78, 5) is 4.72. The highest BCUT2D eigenvalue weighted by molar-refractivity contribution is 5.69. The maximum Gasteiger partial charge on any atom is 0.123 e. The van der Waals surface area contributed by atoms with Crippen molar-refractivity contribution in [2.75, 3.05) is 13.7 Å². The van der Waals surface area contributed by atoms with Crippen LogP contribution in [0, 0.1) is 6.92 Å². The molecule has 15 heavy (non-hydrogen) atoms. The molecule has 1 aliphatic heterocycles. The normalized spacial score (nSPS) is 19.7. The molecule has 1 aliphatic rings. The van der Waals surface area contributed by atoms with Gasteiger partial charge in [0.25, 0.3) is 0 Å². The summed E-state index contributed by atoms with van der Waals surface area (Å²) in [6, 6.07) is 6.24. The molecule has 0 radical (unpaired) electrons. The first kappa shape index (κ1) is 10.0. The van der Waals surface area contributed by atoms with Gasteiger partial charge in [0.05, 0.1) is 12.8 Å². The number of nitrogens with zero attached hydrogens (tertiary/aromatic N) is 1. The van der Waals surface area contributed by atoms with Crippen LogP contribution >= 0.6 is 0 Å². The van der Waals surface area contributed by atoms with Crippen molar-refractivity contribution in [1.29, 1.82) is 0 Å². The molecular weight excluding hydrogens is 190 g/mol. The lowest BCUT2D eigenvalue weighted by Gasteiger charge is -2.23. The van der Waals surface area contributed by atoms with Crippen molar-refractivity contribution in [3.63, 3.8) is 0 Å². The van der Waals surface area contributed by atoms with E-state index < -0.39 is 0 Å². The van der Waals surface area contributed by atoms with Gasteiger partial charge < -0.3 is 9.57 Å².